The Kier molecular flexibility index (Phi) is 3.13. The Labute approximate surface area is 132 Å². The van der Waals surface area contributed by atoms with Gasteiger partial charge in [-0.05, 0) is 11.5 Å². The van der Waals surface area contributed by atoms with Gasteiger partial charge < -0.3 is 0 Å². The van der Waals surface area contributed by atoms with Crippen molar-refractivity contribution in [1.29, 1.82) is 0 Å². The molecule has 4 heteroatoms. The SMILES string of the molecule is Clc1cc2ccccc2c(-n2cnc(-c3ccccc3)c2)n1. The summed E-state index contributed by atoms with van der Waals surface area (Å²) in [6.45, 7) is 0. The van der Waals surface area contributed by atoms with Crippen LogP contribution < -0.4 is 0 Å². The lowest BCUT2D eigenvalue weighted by Crippen LogP contribution is -1.96. The largest absolute Gasteiger partial charge is 0.289 e. The van der Waals surface area contributed by atoms with Gasteiger partial charge in [-0.1, -0.05) is 66.2 Å². The zero-order chi connectivity index (χ0) is 14.9. The molecule has 0 amide bonds. The number of hydrogen-bond donors (Lipinski definition) is 0. The second kappa shape index (κ2) is 5.28. The van der Waals surface area contributed by atoms with Crippen molar-refractivity contribution in [3.05, 3.63) is 78.3 Å². The summed E-state index contributed by atoms with van der Waals surface area (Å²) in [6, 6.07) is 20.0. The van der Waals surface area contributed by atoms with Gasteiger partial charge in [0.15, 0.2) is 0 Å². The van der Waals surface area contributed by atoms with Crippen LogP contribution in [0.1, 0.15) is 0 Å². The van der Waals surface area contributed by atoms with Crippen LogP contribution in [0.5, 0.6) is 0 Å². The third-order valence-corrected chi connectivity index (χ3v) is 3.78. The van der Waals surface area contributed by atoms with E-state index in [1.807, 2.05) is 71.4 Å². The summed E-state index contributed by atoms with van der Waals surface area (Å²) in [7, 11) is 0. The summed E-state index contributed by atoms with van der Waals surface area (Å²) in [5.41, 5.74) is 1.99. The molecule has 0 atom stereocenters. The van der Waals surface area contributed by atoms with Crippen molar-refractivity contribution in [3.63, 3.8) is 0 Å². The van der Waals surface area contributed by atoms with Crippen LogP contribution in [-0.2, 0) is 0 Å². The van der Waals surface area contributed by atoms with Gasteiger partial charge in [0.1, 0.15) is 17.3 Å². The van der Waals surface area contributed by atoms with E-state index in [1.54, 1.807) is 6.33 Å². The van der Waals surface area contributed by atoms with Gasteiger partial charge in [-0.2, -0.15) is 0 Å². The van der Waals surface area contributed by atoms with Crippen LogP contribution in [0.15, 0.2) is 73.2 Å². The fourth-order valence-electron chi connectivity index (χ4n) is 2.54. The number of aromatic nitrogens is 3. The molecule has 4 aromatic rings. The minimum Gasteiger partial charge on any atom is -0.289 e. The van der Waals surface area contributed by atoms with Gasteiger partial charge in [0.05, 0.1) is 5.69 Å². The van der Waals surface area contributed by atoms with Crippen LogP contribution in [0, 0.1) is 0 Å². The van der Waals surface area contributed by atoms with Gasteiger partial charge in [0, 0.05) is 17.1 Å². The van der Waals surface area contributed by atoms with Gasteiger partial charge >= 0.3 is 0 Å². The molecule has 3 nitrogen and oxygen atoms in total. The number of imidazole rings is 1. The van der Waals surface area contributed by atoms with E-state index in [0.29, 0.717) is 5.15 Å². The zero-order valence-electron chi connectivity index (χ0n) is 11.6. The summed E-state index contributed by atoms with van der Waals surface area (Å²) in [5.74, 6) is 0.790. The first-order valence-corrected chi connectivity index (χ1v) is 7.34. The summed E-state index contributed by atoms with van der Waals surface area (Å²) in [5, 5.41) is 2.58. The molecule has 2 aromatic heterocycles. The highest BCUT2D eigenvalue weighted by atomic mass is 35.5. The summed E-state index contributed by atoms with van der Waals surface area (Å²) < 4.78 is 1.91. The molecule has 106 valence electrons. The molecule has 22 heavy (non-hydrogen) atoms. The highest BCUT2D eigenvalue weighted by Gasteiger charge is 2.09. The second-order valence-corrected chi connectivity index (χ2v) is 5.41. The first-order valence-electron chi connectivity index (χ1n) is 6.96. The Bertz CT molecular complexity index is 945. The van der Waals surface area contributed by atoms with Gasteiger partial charge in [0.2, 0.25) is 0 Å². The molecular weight excluding hydrogens is 294 g/mol. The molecule has 0 aliphatic heterocycles. The van der Waals surface area contributed by atoms with Crippen LogP contribution in [-0.4, -0.2) is 14.5 Å². The van der Waals surface area contributed by atoms with Crippen molar-refractivity contribution < 1.29 is 0 Å². The fraction of sp³-hybridized carbons (Fsp3) is 0. The van der Waals surface area contributed by atoms with Crippen LogP contribution in [0.3, 0.4) is 0 Å². The topological polar surface area (TPSA) is 30.7 Å². The van der Waals surface area contributed by atoms with Crippen molar-refractivity contribution in [2.45, 2.75) is 0 Å². The quantitative estimate of drug-likeness (QED) is 0.501. The van der Waals surface area contributed by atoms with E-state index in [-0.39, 0.29) is 0 Å². The monoisotopic (exact) mass is 305 g/mol. The lowest BCUT2D eigenvalue weighted by Gasteiger charge is -2.06. The first-order chi connectivity index (χ1) is 10.8. The van der Waals surface area contributed by atoms with E-state index >= 15 is 0 Å². The van der Waals surface area contributed by atoms with Crippen molar-refractivity contribution >= 4 is 22.4 Å². The van der Waals surface area contributed by atoms with Crippen molar-refractivity contribution in [3.8, 4) is 17.1 Å². The minimum absolute atomic E-state index is 0.476. The predicted octanol–water partition coefficient (Wildman–Crippen LogP) is 4.74. The molecule has 0 aliphatic carbocycles. The molecule has 0 fully saturated rings. The van der Waals surface area contributed by atoms with Crippen molar-refractivity contribution in [2.24, 2.45) is 0 Å². The van der Waals surface area contributed by atoms with E-state index in [4.69, 9.17) is 11.6 Å². The molecule has 0 spiro atoms. The Hall–Kier alpha value is -2.65. The fourth-order valence-corrected chi connectivity index (χ4v) is 2.74. The molecule has 4 rings (SSSR count). The van der Waals surface area contributed by atoms with Gasteiger partial charge in [0.25, 0.3) is 0 Å². The predicted molar refractivity (Wildman–Crippen MR) is 89.3 cm³/mol. The number of pyridine rings is 1. The van der Waals surface area contributed by atoms with Crippen LogP contribution in [0.4, 0.5) is 0 Å². The standard InChI is InChI=1S/C18H12ClN3/c19-17-10-14-8-4-5-9-15(14)18(21-17)22-11-16(20-12-22)13-6-2-1-3-7-13/h1-12H. The van der Waals surface area contributed by atoms with Crippen molar-refractivity contribution in [1.82, 2.24) is 14.5 Å². The zero-order valence-corrected chi connectivity index (χ0v) is 12.4. The number of nitrogens with zero attached hydrogens (tertiary/aromatic N) is 3. The number of fused-ring (bicyclic) bond motifs is 1. The van der Waals surface area contributed by atoms with E-state index in [1.165, 1.54) is 0 Å². The van der Waals surface area contributed by atoms with Gasteiger partial charge in [-0.3, -0.25) is 4.57 Å². The van der Waals surface area contributed by atoms with Crippen molar-refractivity contribution in [2.75, 3.05) is 0 Å². The molecule has 0 bridgehead atoms. The van der Waals surface area contributed by atoms with E-state index in [9.17, 15) is 0 Å². The van der Waals surface area contributed by atoms with Gasteiger partial charge in [-0.25, -0.2) is 9.97 Å². The third-order valence-electron chi connectivity index (χ3n) is 3.59. The highest BCUT2D eigenvalue weighted by Crippen LogP contribution is 2.25. The average molecular weight is 306 g/mol. The molecule has 0 radical (unpaired) electrons. The number of hydrogen-bond acceptors (Lipinski definition) is 2. The average Bonchev–Trinajstić information content (AvgIpc) is 3.05. The maximum atomic E-state index is 6.15. The van der Waals surface area contributed by atoms with Gasteiger partial charge in [-0.15, -0.1) is 0 Å². The van der Waals surface area contributed by atoms with Crippen LogP contribution in [0.2, 0.25) is 5.15 Å². The summed E-state index contributed by atoms with van der Waals surface area (Å²) in [6.07, 6.45) is 3.74. The molecule has 0 N–H and O–H groups in total. The van der Waals surface area contributed by atoms with E-state index < -0.39 is 0 Å². The smallest absolute Gasteiger partial charge is 0.147 e. The lowest BCUT2D eigenvalue weighted by atomic mass is 10.1. The van der Waals surface area contributed by atoms with E-state index in [0.717, 1.165) is 27.8 Å². The number of benzene rings is 2. The molecule has 2 aromatic carbocycles. The van der Waals surface area contributed by atoms with Crippen LogP contribution >= 0.6 is 11.6 Å². The highest BCUT2D eigenvalue weighted by molar-refractivity contribution is 6.30. The summed E-state index contributed by atoms with van der Waals surface area (Å²) in [4.78, 5) is 8.95. The van der Waals surface area contributed by atoms with E-state index in [2.05, 4.69) is 9.97 Å². The molecule has 0 aliphatic rings. The Morgan fingerprint density at radius 1 is 0.909 bits per heavy atom. The third kappa shape index (κ3) is 2.26. The number of halogens is 1. The normalized spacial score (nSPS) is 11.0. The Balaban J connectivity index is 1.88. The maximum absolute atomic E-state index is 6.15. The molecule has 2 heterocycles. The Morgan fingerprint density at radius 2 is 1.68 bits per heavy atom. The van der Waals surface area contributed by atoms with Crippen LogP contribution in [0.25, 0.3) is 27.8 Å². The first kappa shape index (κ1) is 13.0. The number of rotatable bonds is 2. The lowest BCUT2D eigenvalue weighted by molar-refractivity contribution is 1.01. The molecule has 0 saturated heterocycles. The molecular formula is C18H12ClN3. The maximum Gasteiger partial charge on any atom is 0.147 e. The minimum atomic E-state index is 0.476. The second-order valence-electron chi connectivity index (χ2n) is 5.02. The Morgan fingerprint density at radius 3 is 2.55 bits per heavy atom. The molecule has 0 saturated carbocycles. The summed E-state index contributed by atoms with van der Waals surface area (Å²) >= 11 is 6.15. The molecule has 0 unspecified atom stereocenters.